The number of amides is 1. The number of carbonyl (C=O) groups excluding carboxylic acids is 2. The zero-order valence-corrected chi connectivity index (χ0v) is 18.1. The molecule has 28 heavy (non-hydrogen) atoms. The molecule has 2 heterocycles. The van der Waals surface area contributed by atoms with Crippen molar-refractivity contribution in [2.24, 2.45) is 23.7 Å². The minimum Gasteiger partial charge on any atom is -0.351 e. The van der Waals surface area contributed by atoms with Crippen LogP contribution in [0.3, 0.4) is 0 Å². The van der Waals surface area contributed by atoms with Gasteiger partial charge >= 0.3 is 0 Å². The first-order chi connectivity index (χ1) is 13.4. The number of hydrogen-bond donors (Lipinski definition) is 2. The third-order valence-corrected chi connectivity index (χ3v) is 8.40. The summed E-state index contributed by atoms with van der Waals surface area (Å²) in [6.07, 6.45) is 7.50. The summed E-state index contributed by atoms with van der Waals surface area (Å²) in [5, 5.41) is 11.0. The Labute approximate surface area is 172 Å². The molecule has 0 aromatic carbocycles. The average Bonchev–Trinajstić information content (AvgIpc) is 3.09. The van der Waals surface area contributed by atoms with Gasteiger partial charge in [0, 0.05) is 23.6 Å². The molecule has 7 atom stereocenters. The number of hydrogen-bond acceptors (Lipinski definition) is 4. The second-order valence-corrected chi connectivity index (χ2v) is 10.7. The predicted octanol–water partition coefficient (Wildman–Crippen LogP) is 4.19. The van der Waals surface area contributed by atoms with Gasteiger partial charge in [-0.3, -0.25) is 14.7 Å². The van der Waals surface area contributed by atoms with Crippen LogP contribution in [0.15, 0.2) is 6.07 Å². The Kier molecular flexibility index (Phi) is 5.86. The maximum atomic E-state index is 13.2. The van der Waals surface area contributed by atoms with Gasteiger partial charge in [0.15, 0.2) is 5.12 Å². The van der Waals surface area contributed by atoms with Crippen LogP contribution in [0.1, 0.15) is 76.1 Å². The zero-order valence-electron chi connectivity index (χ0n) is 17.2. The summed E-state index contributed by atoms with van der Waals surface area (Å²) in [6.45, 7) is 6.55. The van der Waals surface area contributed by atoms with Gasteiger partial charge in [-0.2, -0.15) is 5.10 Å². The number of fused-ring (bicyclic) bond motifs is 1. The number of nitrogens with zero attached hydrogens (tertiary/aromatic N) is 1. The van der Waals surface area contributed by atoms with E-state index in [2.05, 4.69) is 35.4 Å². The Balaban J connectivity index is 1.47. The molecule has 1 aromatic rings. The predicted molar refractivity (Wildman–Crippen MR) is 112 cm³/mol. The van der Waals surface area contributed by atoms with Crippen LogP contribution in [0.4, 0.5) is 0 Å². The van der Waals surface area contributed by atoms with Crippen LogP contribution in [-0.4, -0.2) is 32.5 Å². The van der Waals surface area contributed by atoms with Gasteiger partial charge in [0.25, 0.3) is 0 Å². The van der Waals surface area contributed by atoms with E-state index in [1.54, 1.807) is 0 Å². The highest BCUT2D eigenvalue weighted by molar-refractivity contribution is 8.14. The van der Waals surface area contributed by atoms with Gasteiger partial charge in [-0.15, -0.1) is 0 Å². The number of aryl methyl sites for hydroxylation is 1. The molecule has 7 unspecified atom stereocenters. The van der Waals surface area contributed by atoms with Crippen LogP contribution in [0, 0.1) is 30.6 Å². The number of thioether (sulfide) groups is 1. The lowest BCUT2D eigenvalue weighted by Gasteiger charge is -2.41. The number of nitrogens with one attached hydrogen (secondary N) is 2. The zero-order chi connectivity index (χ0) is 19.8. The number of H-pyrrole nitrogens is 1. The normalized spacial score (nSPS) is 38.7. The van der Waals surface area contributed by atoms with E-state index < -0.39 is 0 Å². The highest BCUT2D eigenvalue weighted by Crippen LogP contribution is 2.44. The molecule has 1 saturated heterocycles. The van der Waals surface area contributed by atoms with Crippen molar-refractivity contribution in [3.05, 3.63) is 17.5 Å². The quantitative estimate of drug-likeness (QED) is 0.793. The Bertz CT molecular complexity index is 733. The third-order valence-electron chi connectivity index (χ3n) is 7.17. The fourth-order valence-corrected chi connectivity index (χ4v) is 7.08. The third kappa shape index (κ3) is 4.03. The van der Waals surface area contributed by atoms with E-state index in [-0.39, 0.29) is 34.2 Å². The van der Waals surface area contributed by atoms with Crippen LogP contribution in [0.5, 0.6) is 0 Å². The molecule has 2 N–H and O–H groups in total. The summed E-state index contributed by atoms with van der Waals surface area (Å²) in [5.74, 6) is 1.93. The van der Waals surface area contributed by atoms with Gasteiger partial charge < -0.3 is 5.32 Å². The van der Waals surface area contributed by atoms with Crippen molar-refractivity contribution in [1.82, 2.24) is 15.5 Å². The van der Waals surface area contributed by atoms with Crippen LogP contribution < -0.4 is 5.32 Å². The van der Waals surface area contributed by atoms with Crippen LogP contribution >= 0.6 is 11.8 Å². The minimum atomic E-state index is -0.222. The molecule has 0 spiro atoms. The lowest BCUT2D eigenvalue weighted by atomic mass is 9.71. The lowest BCUT2D eigenvalue weighted by molar-refractivity contribution is -0.125. The first-order valence-electron chi connectivity index (χ1n) is 10.9. The van der Waals surface area contributed by atoms with Gasteiger partial charge in [0.05, 0.1) is 10.9 Å². The van der Waals surface area contributed by atoms with Gasteiger partial charge in [0.2, 0.25) is 5.91 Å². The first-order valence-corrected chi connectivity index (χ1v) is 11.8. The van der Waals surface area contributed by atoms with Crippen molar-refractivity contribution in [1.29, 1.82) is 0 Å². The summed E-state index contributed by atoms with van der Waals surface area (Å²) in [6, 6.07) is 2.20. The standard InChI is InChI=1S/C22H33N3O2S/c1-12-8-13(2)20(17(9-12)18-10-14(3)24-25-18)23-21(26)19-11-15-6-4-5-7-16(15)22(27)28-19/h10,12-13,15-17,19-20H,4-9,11H2,1-3H3,(H,23,26)(H,24,25). The SMILES string of the molecule is Cc1cc(C2CC(C)CC(C)C2NC(=O)C2CC3CCCCC3C(=O)S2)n[nH]1. The molecule has 1 aromatic heterocycles. The molecule has 0 radical (unpaired) electrons. The number of aromatic nitrogens is 2. The van der Waals surface area contributed by atoms with E-state index >= 15 is 0 Å². The molecular weight excluding hydrogens is 370 g/mol. The van der Waals surface area contributed by atoms with Crippen molar-refractivity contribution in [2.45, 2.75) is 82.9 Å². The maximum absolute atomic E-state index is 13.2. The summed E-state index contributed by atoms with van der Waals surface area (Å²) in [5.41, 5.74) is 2.11. The van der Waals surface area contributed by atoms with E-state index in [4.69, 9.17) is 0 Å². The van der Waals surface area contributed by atoms with Crippen LogP contribution in [0.25, 0.3) is 0 Å². The molecule has 1 amide bonds. The van der Waals surface area contributed by atoms with E-state index in [1.807, 2.05) is 6.92 Å². The fraction of sp³-hybridized carbons (Fsp3) is 0.773. The van der Waals surface area contributed by atoms with Crippen LogP contribution in [-0.2, 0) is 9.59 Å². The van der Waals surface area contributed by atoms with Gasteiger partial charge in [-0.25, -0.2) is 0 Å². The lowest BCUT2D eigenvalue weighted by Crippen LogP contribution is -2.51. The maximum Gasteiger partial charge on any atom is 0.233 e. The molecule has 2 aliphatic carbocycles. The van der Waals surface area contributed by atoms with E-state index in [0.717, 1.165) is 49.9 Å². The molecule has 2 saturated carbocycles. The highest BCUT2D eigenvalue weighted by Gasteiger charge is 2.43. The molecule has 3 fully saturated rings. The molecule has 6 heteroatoms. The Morgan fingerprint density at radius 1 is 1.18 bits per heavy atom. The number of aromatic amines is 1. The largest absolute Gasteiger partial charge is 0.351 e. The number of carbonyl (C=O) groups is 2. The fourth-order valence-electron chi connectivity index (χ4n) is 5.80. The second-order valence-electron chi connectivity index (χ2n) is 9.48. The Morgan fingerprint density at radius 3 is 2.71 bits per heavy atom. The van der Waals surface area contributed by atoms with Crippen LogP contribution in [0.2, 0.25) is 0 Å². The van der Waals surface area contributed by atoms with Crippen molar-refractivity contribution in [3.8, 4) is 0 Å². The smallest absolute Gasteiger partial charge is 0.233 e. The first kappa shape index (κ1) is 20.0. The topological polar surface area (TPSA) is 74.8 Å². The molecule has 154 valence electrons. The molecule has 1 aliphatic heterocycles. The highest BCUT2D eigenvalue weighted by atomic mass is 32.2. The van der Waals surface area contributed by atoms with Gasteiger partial charge in [-0.05, 0) is 62.8 Å². The number of rotatable bonds is 3. The molecular formula is C22H33N3O2S. The van der Waals surface area contributed by atoms with Crippen molar-refractivity contribution >= 4 is 22.8 Å². The van der Waals surface area contributed by atoms with E-state index in [0.29, 0.717) is 17.8 Å². The second kappa shape index (κ2) is 8.21. The average molecular weight is 404 g/mol. The summed E-state index contributed by atoms with van der Waals surface area (Å²) >= 11 is 1.30. The Hall–Kier alpha value is -1.30. The van der Waals surface area contributed by atoms with Gasteiger partial charge in [0.1, 0.15) is 0 Å². The molecule has 5 nitrogen and oxygen atoms in total. The van der Waals surface area contributed by atoms with Crippen molar-refractivity contribution in [2.75, 3.05) is 0 Å². The van der Waals surface area contributed by atoms with E-state index in [1.165, 1.54) is 18.2 Å². The van der Waals surface area contributed by atoms with Crippen molar-refractivity contribution in [3.63, 3.8) is 0 Å². The molecule has 4 rings (SSSR count). The molecule has 3 aliphatic rings. The Morgan fingerprint density at radius 2 is 1.96 bits per heavy atom. The monoisotopic (exact) mass is 403 g/mol. The molecule has 0 bridgehead atoms. The van der Waals surface area contributed by atoms with Crippen molar-refractivity contribution < 1.29 is 9.59 Å². The van der Waals surface area contributed by atoms with E-state index in [9.17, 15) is 9.59 Å². The summed E-state index contributed by atoms with van der Waals surface area (Å²) < 4.78 is 0. The summed E-state index contributed by atoms with van der Waals surface area (Å²) in [7, 11) is 0. The summed E-state index contributed by atoms with van der Waals surface area (Å²) in [4.78, 5) is 25.8. The minimum absolute atomic E-state index is 0.0611. The van der Waals surface area contributed by atoms with Gasteiger partial charge in [-0.1, -0.05) is 38.5 Å².